The van der Waals surface area contributed by atoms with Crippen LogP contribution in [-0.2, 0) is 24.4 Å². The minimum atomic E-state index is -0.457. The Bertz CT molecular complexity index is 2300. The number of nitrogens with zero attached hydrogens (tertiary/aromatic N) is 4. The molecule has 0 fully saturated rings. The highest BCUT2D eigenvalue weighted by atomic mass is 16.6. The number of carbonyl (C=O) groups is 2. The lowest BCUT2D eigenvalue weighted by molar-refractivity contribution is -0.385. The van der Waals surface area contributed by atoms with Crippen molar-refractivity contribution in [2.75, 3.05) is 38.0 Å². The number of non-ortho nitro benzene ring substituents is 1. The number of fused-ring (bicyclic) bond motifs is 1. The molecule has 2 heterocycles. The zero-order chi connectivity index (χ0) is 40.1. The Kier molecular flexibility index (Phi) is 11.5. The number of hydrogen-bond acceptors (Lipinski definition) is 10. The SMILES string of the molecule is CNc1cc(OCc2cc(COc3cc(N=CC[C@@H]4CC5=C(C=CCC5)N4C=O)c(C)cc3OC)cc([N+](=O)[O-])c2)c(OC)cc1C(=O)N1CCc2ccccc21. The van der Waals surface area contributed by atoms with Gasteiger partial charge in [0.2, 0.25) is 6.41 Å². The molecule has 13 heteroatoms. The monoisotopic (exact) mass is 771 g/mol. The number of nitro benzene ring substituents is 1. The number of hydrogen-bond donors (Lipinski definition) is 1. The van der Waals surface area contributed by atoms with E-state index >= 15 is 0 Å². The molecule has 3 aliphatic rings. The number of nitro groups is 1. The molecule has 294 valence electrons. The lowest BCUT2D eigenvalue weighted by atomic mass is 10.00. The second kappa shape index (κ2) is 17.0. The summed E-state index contributed by atoms with van der Waals surface area (Å²) in [7, 11) is 4.77. The van der Waals surface area contributed by atoms with Gasteiger partial charge in [-0.25, -0.2) is 0 Å². The fourth-order valence-corrected chi connectivity index (χ4v) is 7.68. The standard InChI is InChI=1S/C44H45N5O8/c1-28-17-40(54-3)42(23-36(28)46-15-13-33-21-32-10-6-8-12-39(32)48(33)27-50)56-25-29-18-30(20-34(19-29)49(52)53)26-57-43-24-37(45-2)35(22-41(43)55-4)44(51)47-16-14-31-9-5-7-11-38(31)47/h5,7-9,11-12,15,17-20,22-24,27,33,45H,6,10,13-14,16,21,25-26H2,1-4H3/t33-/m1/s1. The van der Waals surface area contributed by atoms with Crippen LogP contribution in [-0.4, -0.2) is 62.2 Å². The first-order valence-electron chi connectivity index (χ1n) is 18.9. The van der Waals surface area contributed by atoms with Crippen molar-refractivity contribution in [2.24, 2.45) is 4.99 Å². The second-order valence-corrected chi connectivity index (χ2v) is 14.1. The molecule has 0 saturated carbocycles. The zero-order valence-corrected chi connectivity index (χ0v) is 32.4. The van der Waals surface area contributed by atoms with Gasteiger partial charge in [0.15, 0.2) is 23.0 Å². The average molecular weight is 772 g/mol. The van der Waals surface area contributed by atoms with Crippen LogP contribution in [0.3, 0.4) is 0 Å². The molecule has 0 spiro atoms. The van der Waals surface area contributed by atoms with Crippen LogP contribution in [0.2, 0.25) is 0 Å². The molecule has 0 saturated heterocycles. The van der Waals surface area contributed by atoms with Crippen LogP contribution in [0, 0.1) is 17.0 Å². The highest BCUT2D eigenvalue weighted by molar-refractivity contribution is 6.11. The smallest absolute Gasteiger partial charge is 0.270 e. The third-order valence-electron chi connectivity index (χ3n) is 10.6. The molecular weight excluding hydrogens is 727 g/mol. The summed E-state index contributed by atoms with van der Waals surface area (Å²) >= 11 is 0. The first-order valence-corrected chi connectivity index (χ1v) is 18.9. The normalized spacial score (nSPS) is 15.8. The molecule has 4 aromatic carbocycles. The van der Waals surface area contributed by atoms with Crippen LogP contribution < -0.4 is 29.2 Å². The number of carbonyl (C=O) groups excluding carboxylic acids is 2. The number of methoxy groups -OCH3 is 2. The fourth-order valence-electron chi connectivity index (χ4n) is 7.68. The Morgan fingerprint density at radius 1 is 0.965 bits per heavy atom. The van der Waals surface area contributed by atoms with Crippen LogP contribution in [0.15, 0.2) is 95.1 Å². The Labute approximate surface area is 331 Å². The number of ether oxygens (including phenoxy) is 4. The molecule has 0 unspecified atom stereocenters. The Hall–Kier alpha value is -6.63. The van der Waals surface area contributed by atoms with Gasteiger partial charge in [-0.05, 0) is 90.8 Å². The largest absolute Gasteiger partial charge is 0.493 e. The van der Waals surface area contributed by atoms with Gasteiger partial charge in [-0.2, -0.15) is 0 Å². The Morgan fingerprint density at radius 2 is 1.68 bits per heavy atom. The number of anilines is 2. The van der Waals surface area contributed by atoms with Crippen molar-refractivity contribution in [3.63, 3.8) is 0 Å². The van der Waals surface area contributed by atoms with Gasteiger partial charge in [-0.3, -0.25) is 24.7 Å². The summed E-state index contributed by atoms with van der Waals surface area (Å²) in [6.07, 6.45) is 11.1. The summed E-state index contributed by atoms with van der Waals surface area (Å²) in [4.78, 5) is 45.5. The number of allylic oxidation sites excluding steroid dienone is 2. The summed E-state index contributed by atoms with van der Waals surface area (Å²) in [5.41, 5.74) is 7.84. The van der Waals surface area contributed by atoms with Crippen LogP contribution in [0.1, 0.15) is 58.3 Å². The number of aliphatic imine (C=N–C) groups is 1. The van der Waals surface area contributed by atoms with Crippen LogP contribution in [0.4, 0.5) is 22.7 Å². The van der Waals surface area contributed by atoms with Crippen LogP contribution in [0.5, 0.6) is 23.0 Å². The molecule has 2 amide bonds. The quantitative estimate of drug-likeness (QED) is 0.0547. The lowest BCUT2D eigenvalue weighted by Gasteiger charge is -2.21. The lowest BCUT2D eigenvalue weighted by Crippen LogP contribution is -2.29. The van der Waals surface area contributed by atoms with E-state index < -0.39 is 4.92 Å². The Morgan fingerprint density at radius 3 is 2.39 bits per heavy atom. The van der Waals surface area contributed by atoms with E-state index in [1.807, 2.05) is 49.5 Å². The highest BCUT2D eigenvalue weighted by Crippen LogP contribution is 2.39. The maximum absolute atomic E-state index is 13.8. The van der Waals surface area contributed by atoms with Crippen LogP contribution in [0.25, 0.3) is 0 Å². The van der Waals surface area contributed by atoms with E-state index in [-0.39, 0.29) is 30.9 Å². The number of aryl methyl sites for hydroxylation is 1. The number of para-hydroxylation sites is 1. The highest BCUT2D eigenvalue weighted by Gasteiger charge is 2.31. The number of amides is 2. The van der Waals surface area contributed by atoms with Crippen molar-refractivity contribution in [3.8, 4) is 23.0 Å². The van der Waals surface area contributed by atoms with Gasteiger partial charge in [0.05, 0.1) is 36.1 Å². The van der Waals surface area contributed by atoms with E-state index in [0.717, 1.165) is 54.6 Å². The van der Waals surface area contributed by atoms with Crippen LogP contribution >= 0.6 is 0 Å². The molecule has 1 N–H and O–H groups in total. The molecule has 4 aromatic rings. The number of rotatable bonds is 15. The van der Waals surface area contributed by atoms with Gasteiger partial charge in [0.1, 0.15) is 13.2 Å². The second-order valence-electron chi connectivity index (χ2n) is 14.1. The first kappa shape index (κ1) is 38.6. The number of nitrogens with one attached hydrogen (secondary N) is 1. The van der Waals surface area contributed by atoms with E-state index in [2.05, 4.69) is 11.4 Å². The molecule has 0 radical (unpaired) electrons. The average Bonchev–Trinajstić information content (AvgIpc) is 3.83. The third kappa shape index (κ3) is 8.18. The van der Waals surface area contributed by atoms with Gasteiger partial charge in [0.25, 0.3) is 11.6 Å². The van der Waals surface area contributed by atoms with Crippen molar-refractivity contribution in [1.29, 1.82) is 0 Å². The van der Waals surface area contributed by atoms with Crippen molar-refractivity contribution >= 4 is 41.3 Å². The summed E-state index contributed by atoms with van der Waals surface area (Å²) in [6.45, 7) is 2.48. The van der Waals surface area contributed by atoms with E-state index in [4.69, 9.17) is 23.9 Å². The van der Waals surface area contributed by atoms with Crippen molar-refractivity contribution in [3.05, 3.63) is 128 Å². The minimum Gasteiger partial charge on any atom is -0.493 e. The van der Waals surface area contributed by atoms with E-state index in [1.54, 1.807) is 48.2 Å². The Balaban J connectivity index is 1.05. The molecule has 57 heavy (non-hydrogen) atoms. The van der Waals surface area contributed by atoms with Gasteiger partial charge in [0, 0.05) is 67.9 Å². The van der Waals surface area contributed by atoms with E-state index in [9.17, 15) is 19.7 Å². The third-order valence-corrected chi connectivity index (χ3v) is 10.6. The summed E-state index contributed by atoms with van der Waals surface area (Å²) in [5.74, 6) is 1.47. The van der Waals surface area contributed by atoms with Crippen molar-refractivity contribution in [1.82, 2.24) is 4.90 Å². The number of benzene rings is 4. The summed E-state index contributed by atoms with van der Waals surface area (Å²) < 4.78 is 23.7. The predicted molar refractivity (Wildman–Crippen MR) is 218 cm³/mol. The van der Waals surface area contributed by atoms with Crippen molar-refractivity contribution < 1.29 is 33.5 Å². The molecule has 1 aliphatic carbocycles. The maximum atomic E-state index is 13.8. The minimum absolute atomic E-state index is 0.00201. The van der Waals surface area contributed by atoms with E-state index in [0.29, 0.717) is 64.0 Å². The molecular formula is C44H45N5O8. The van der Waals surface area contributed by atoms with Crippen molar-refractivity contribution in [2.45, 2.75) is 58.3 Å². The van der Waals surface area contributed by atoms with Gasteiger partial charge in [-0.15, -0.1) is 0 Å². The molecule has 7 rings (SSSR count). The van der Waals surface area contributed by atoms with Gasteiger partial charge >= 0.3 is 0 Å². The molecule has 2 aliphatic heterocycles. The van der Waals surface area contributed by atoms with Gasteiger partial charge < -0.3 is 34.1 Å². The fraction of sp³-hybridized carbons (Fsp3) is 0.295. The topological polar surface area (TPSA) is 145 Å². The molecule has 1 atom stereocenters. The first-order chi connectivity index (χ1) is 27.7. The molecule has 13 nitrogen and oxygen atoms in total. The zero-order valence-electron chi connectivity index (χ0n) is 32.4. The van der Waals surface area contributed by atoms with E-state index in [1.165, 1.54) is 24.8 Å². The maximum Gasteiger partial charge on any atom is 0.270 e. The predicted octanol–water partition coefficient (Wildman–Crippen LogP) is 8.25. The molecule has 0 aromatic heterocycles. The van der Waals surface area contributed by atoms with Gasteiger partial charge in [-0.1, -0.05) is 24.3 Å². The summed E-state index contributed by atoms with van der Waals surface area (Å²) in [6, 6.07) is 19.6. The summed E-state index contributed by atoms with van der Waals surface area (Å²) in [5, 5.41) is 15.1. The molecule has 0 bridgehead atoms.